The summed E-state index contributed by atoms with van der Waals surface area (Å²) in [6.45, 7) is 3.97. The number of fused-ring (bicyclic) bond motifs is 1. The summed E-state index contributed by atoms with van der Waals surface area (Å²) in [7, 11) is 0. The van der Waals surface area contributed by atoms with Crippen molar-refractivity contribution in [2.24, 2.45) is 5.73 Å². The van der Waals surface area contributed by atoms with Gasteiger partial charge >= 0.3 is 5.97 Å². The van der Waals surface area contributed by atoms with Crippen LogP contribution in [0.15, 0.2) is 24.3 Å². The summed E-state index contributed by atoms with van der Waals surface area (Å²) in [6.07, 6.45) is 0.800. The lowest BCUT2D eigenvalue weighted by molar-refractivity contribution is 0.0697. The highest BCUT2D eigenvalue weighted by atomic mass is 32.1. The van der Waals surface area contributed by atoms with Gasteiger partial charge in [-0.2, -0.15) is 0 Å². The highest BCUT2D eigenvalue weighted by Crippen LogP contribution is 2.28. The maximum atomic E-state index is 10.9. The first-order chi connectivity index (χ1) is 7.85. The highest BCUT2D eigenvalue weighted by Gasteiger charge is 2.14. The minimum absolute atomic E-state index is 0.240. The molecular weight excluding hydrogens is 234 g/mol. The Kier molecular flexibility index (Phi) is 2.93. The van der Waals surface area contributed by atoms with E-state index in [0.29, 0.717) is 5.56 Å². The molecule has 1 aromatic carbocycles. The Hall–Kier alpha value is -1.39. The standard InChI is InChI=1S/C13H15NO2S/c1-13(2,14)7-10-6-9-5-8(12(15)16)3-4-11(9)17-10/h3-6H,7,14H2,1-2H3,(H,15,16). The van der Waals surface area contributed by atoms with Crippen LogP contribution < -0.4 is 5.73 Å². The molecule has 0 aliphatic carbocycles. The molecule has 90 valence electrons. The van der Waals surface area contributed by atoms with Crippen molar-refractivity contribution in [3.05, 3.63) is 34.7 Å². The Bertz CT molecular complexity index is 566. The molecule has 0 fully saturated rings. The summed E-state index contributed by atoms with van der Waals surface area (Å²) in [6, 6.07) is 7.23. The fourth-order valence-electron chi connectivity index (χ4n) is 1.77. The zero-order valence-corrected chi connectivity index (χ0v) is 10.7. The first-order valence-corrected chi connectivity index (χ1v) is 6.21. The van der Waals surface area contributed by atoms with E-state index in [1.165, 1.54) is 4.88 Å². The summed E-state index contributed by atoms with van der Waals surface area (Å²) in [5.74, 6) is -0.890. The maximum Gasteiger partial charge on any atom is 0.335 e. The van der Waals surface area contributed by atoms with Crippen LogP contribution in [0, 0.1) is 0 Å². The van der Waals surface area contributed by atoms with Crippen molar-refractivity contribution in [3.63, 3.8) is 0 Å². The van der Waals surface area contributed by atoms with E-state index in [4.69, 9.17) is 10.8 Å². The van der Waals surface area contributed by atoms with E-state index < -0.39 is 5.97 Å². The van der Waals surface area contributed by atoms with Gasteiger partial charge in [0.15, 0.2) is 0 Å². The van der Waals surface area contributed by atoms with Crippen molar-refractivity contribution >= 4 is 27.4 Å². The maximum absolute atomic E-state index is 10.9. The summed E-state index contributed by atoms with van der Waals surface area (Å²) in [5.41, 5.74) is 6.07. The lowest BCUT2D eigenvalue weighted by Crippen LogP contribution is -2.33. The Morgan fingerprint density at radius 2 is 2.12 bits per heavy atom. The third-order valence-corrected chi connectivity index (χ3v) is 3.56. The minimum Gasteiger partial charge on any atom is -0.478 e. The van der Waals surface area contributed by atoms with E-state index in [-0.39, 0.29) is 5.54 Å². The second kappa shape index (κ2) is 4.13. The Balaban J connectivity index is 2.40. The molecule has 2 rings (SSSR count). The number of aromatic carboxylic acids is 1. The molecule has 3 N–H and O–H groups in total. The predicted octanol–water partition coefficient (Wildman–Crippen LogP) is 2.88. The lowest BCUT2D eigenvalue weighted by atomic mass is 10.0. The molecule has 0 saturated carbocycles. The fraction of sp³-hybridized carbons (Fsp3) is 0.308. The monoisotopic (exact) mass is 249 g/mol. The number of carboxylic acids is 1. The Labute approximate surface area is 104 Å². The van der Waals surface area contributed by atoms with Crippen LogP contribution in [-0.2, 0) is 6.42 Å². The van der Waals surface area contributed by atoms with Crippen molar-refractivity contribution in [2.75, 3.05) is 0 Å². The summed E-state index contributed by atoms with van der Waals surface area (Å²) >= 11 is 1.67. The van der Waals surface area contributed by atoms with Gasteiger partial charge in [0.05, 0.1) is 5.56 Å². The number of benzene rings is 1. The quantitative estimate of drug-likeness (QED) is 0.879. The van der Waals surface area contributed by atoms with Gasteiger partial charge < -0.3 is 10.8 Å². The average molecular weight is 249 g/mol. The predicted molar refractivity (Wildman–Crippen MR) is 70.8 cm³/mol. The number of rotatable bonds is 3. The zero-order valence-electron chi connectivity index (χ0n) is 9.86. The second-order valence-electron chi connectivity index (χ2n) is 4.94. The average Bonchev–Trinajstić information content (AvgIpc) is 2.54. The number of hydrogen-bond donors (Lipinski definition) is 2. The van der Waals surface area contributed by atoms with Crippen molar-refractivity contribution in [3.8, 4) is 0 Å². The largest absolute Gasteiger partial charge is 0.478 e. The van der Waals surface area contributed by atoms with E-state index in [1.54, 1.807) is 23.5 Å². The Morgan fingerprint density at radius 1 is 1.41 bits per heavy atom. The van der Waals surface area contributed by atoms with Crippen molar-refractivity contribution in [1.82, 2.24) is 0 Å². The first-order valence-electron chi connectivity index (χ1n) is 5.40. The molecule has 0 saturated heterocycles. The Morgan fingerprint density at radius 3 is 2.71 bits per heavy atom. The molecule has 0 atom stereocenters. The number of carbonyl (C=O) groups is 1. The van der Waals surface area contributed by atoms with E-state index in [0.717, 1.165) is 16.5 Å². The summed E-state index contributed by atoms with van der Waals surface area (Å²) < 4.78 is 1.11. The van der Waals surface area contributed by atoms with Crippen LogP contribution >= 0.6 is 11.3 Å². The first kappa shape index (κ1) is 12.1. The van der Waals surface area contributed by atoms with Gasteiger partial charge in [0.25, 0.3) is 0 Å². The smallest absolute Gasteiger partial charge is 0.335 e. The molecule has 2 aromatic rings. The molecule has 4 heteroatoms. The van der Waals surface area contributed by atoms with Gasteiger partial charge in [0.1, 0.15) is 0 Å². The van der Waals surface area contributed by atoms with Crippen LogP contribution in [0.1, 0.15) is 29.1 Å². The van der Waals surface area contributed by atoms with Gasteiger partial charge in [-0.05, 0) is 49.9 Å². The molecule has 3 nitrogen and oxygen atoms in total. The van der Waals surface area contributed by atoms with Crippen molar-refractivity contribution in [1.29, 1.82) is 0 Å². The van der Waals surface area contributed by atoms with Crippen LogP contribution in [0.25, 0.3) is 10.1 Å². The van der Waals surface area contributed by atoms with Crippen LogP contribution in [0.3, 0.4) is 0 Å². The van der Waals surface area contributed by atoms with Gasteiger partial charge in [-0.25, -0.2) is 4.79 Å². The van der Waals surface area contributed by atoms with Gasteiger partial charge in [-0.1, -0.05) is 0 Å². The van der Waals surface area contributed by atoms with Crippen LogP contribution in [0.4, 0.5) is 0 Å². The number of thiophene rings is 1. The molecule has 0 aliphatic heterocycles. The normalized spacial score (nSPS) is 11.9. The second-order valence-corrected chi connectivity index (χ2v) is 6.10. The number of nitrogens with two attached hydrogens (primary N) is 1. The zero-order chi connectivity index (χ0) is 12.6. The molecule has 0 spiro atoms. The van der Waals surface area contributed by atoms with Crippen LogP contribution in [-0.4, -0.2) is 16.6 Å². The molecule has 17 heavy (non-hydrogen) atoms. The fourth-order valence-corrected chi connectivity index (χ4v) is 3.05. The topological polar surface area (TPSA) is 63.3 Å². The summed E-state index contributed by atoms with van der Waals surface area (Å²) in [5, 5.41) is 9.90. The number of carboxylic acid groups (broad SMARTS) is 1. The highest BCUT2D eigenvalue weighted by molar-refractivity contribution is 7.19. The van der Waals surface area contributed by atoms with E-state index >= 15 is 0 Å². The minimum atomic E-state index is -0.890. The molecule has 0 aliphatic rings. The van der Waals surface area contributed by atoms with Crippen molar-refractivity contribution < 1.29 is 9.90 Å². The van der Waals surface area contributed by atoms with Crippen LogP contribution in [0.2, 0.25) is 0 Å². The van der Waals surface area contributed by atoms with Crippen LogP contribution in [0.5, 0.6) is 0 Å². The number of hydrogen-bond acceptors (Lipinski definition) is 3. The third kappa shape index (κ3) is 2.84. The lowest BCUT2D eigenvalue weighted by Gasteiger charge is -2.16. The van der Waals surface area contributed by atoms with E-state index in [9.17, 15) is 4.79 Å². The summed E-state index contributed by atoms with van der Waals surface area (Å²) in [4.78, 5) is 12.1. The SMILES string of the molecule is CC(C)(N)Cc1cc2cc(C(=O)O)ccc2s1. The molecule has 0 unspecified atom stereocenters. The molecule has 1 aromatic heterocycles. The molecule has 0 radical (unpaired) electrons. The molecule has 1 heterocycles. The van der Waals surface area contributed by atoms with Crippen molar-refractivity contribution in [2.45, 2.75) is 25.8 Å². The van der Waals surface area contributed by atoms with E-state index in [2.05, 4.69) is 0 Å². The van der Waals surface area contributed by atoms with Gasteiger partial charge in [-0.3, -0.25) is 0 Å². The van der Waals surface area contributed by atoms with E-state index in [1.807, 2.05) is 26.0 Å². The van der Waals surface area contributed by atoms with Gasteiger partial charge in [0.2, 0.25) is 0 Å². The van der Waals surface area contributed by atoms with Gasteiger partial charge in [-0.15, -0.1) is 11.3 Å². The van der Waals surface area contributed by atoms with Gasteiger partial charge in [0, 0.05) is 15.1 Å². The third-order valence-electron chi connectivity index (χ3n) is 2.44. The molecular formula is C13H15NO2S. The molecule has 0 amide bonds. The molecule has 0 bridgehead atoms.